The number of alkyl halides is 1. The zero-order valence-electron chi connectivity index (χ0n) is 6.47. The molecule has 0 aliphatic carbocycles. The second-order valence-corrected chi connectivity index (χ2v) is 2.88. The molecule has 0 fully saturated rings. The second kappa shape index (κ2) is 6.23. The van der Waals surface area contributed by atoms with E-state index in [1.165, 1.54) is 0 Å². The van der Waals surface area contributed by atoms with E-state index in [2.05, 4.69) is 21.9 Å². The number of hydrogen-bond donors (Lipinski definition) is 0. The van der Waals surface area contributed by atoms with E-state index < -0.39 is 6.10 Å². The normalized spacial score (nSPS) is 11.7. The van der Waals surface area contributed by atoms with Gasteiger partial charge in [-0.05, 0) is 13.3 Å². The smallest absolute Gasteiger partial charge is 0.307 e. The van der Waals surface area contributed by atoms with E-state index in [0.29, 0.717) is 6.42 Å². The quantitative estimate of drug-likeness (QED) is 0.409. The van der Waals surface area contributed by atoms with Crippen LogP contribution in [0.1, 0.15) is 19.8 Å². The fraction of sp³-hybridized carbons (Fsp3) is 0.625. The van der Waals surface area contributed by atoms with Crippen LogP contribution in [0.2, 0.25) is 0 Å². The number of esters is 1. The van der Waals surface area contributed by atoms with Crippen molar-refractivity contribution in [2.24, 2.45) is 0 Å². The van der Waals surface area contributed by atoms with Gasteiger partial charge in [-0.2, -0.15) is 0 Å². The van der Waals surface area contributed by atoms with Gasteiger partial charge in [0.25, 0.3) is 0 Å². The fourth-order valence-electron chi connectivity index (χ4n) is 0.501. The van der Waals surface area contributed by atoms with E-state index in [4.69, 9.17) is 11.2 Å². The maximum atomic E-state index is 10.8. The van der Waals surface area contributed by atoms with E-state index in [1.54, 1.807) is 6.92 Å². The molecule has 2 nitrogen and oxygen atoms in total. The molecular formula is C8H11BrO2. The highest BCUT2D eigenvalue weighted by Crippen LogP contribution is 1.98. The Kier molecular flexibility index (Phi) is 5.96. The van der Waals surface area contributed by atoms with Crippen molar-refractivity contribution in [3.05, 3.63) is 0 Å². The van der Waals surface area contributed by atoms with Gasteiger partial charge in [-0.1, -0.05) is 21.9 Å². The van der Waals surface area contributed by atoms with Crippen LogP contribution < -0.4 is 0 Å². The summed E-state index contributed by atoms with van der Waals surface area (Å²) in [5, 5.41) is 0.812. The summed E-state index contributed by atoms with van der Waals surface area (Å²) in [5.74, 6) is 2.09. The SMILES string of the molecule is C#CC(C)OC(=O)CCCBr. The lowest BCUT2D eigenvalue weighted by Gasteiger charge is -2.05. The lowest BCUT2D eigenvalue weighted by molar-refractivity contribution is -0.145. The molecule has 0 aliphatic rings. The Hall–Kier alpha value is -0.490. The zero-order chi connectivity index (χ0) is 8.69. The second-order valence-electron chi connectivity index (χ2n) is 2.09. The number of ether oxygens (including phenoxy) is 1. The molecule has 0 N–H and O–H groups in total. The molecule has 3 heteroatoms. The van der Waals surface area contributed by atoms with Crippen LogP contribution in [-0.4, -0.2) is 17.4 Å². The number of halogens is 1. The van der Waals surface area contributed by atoms with E-state index in [1.807, 2.05) is 0 Å². The molecule has 0 saturated heterocycles. The predicted octanol–water partition coefficient (Wildman–Crippen LogP) is 1.73. The summed E-state index contributed by atoms with van der Waals surface area (Å²) in [5.41, 5.74) is 0. The maximum Gasteiger partial charge on any atom is 0.307 e. The van der Waals surface area contributed by atoms with Gasteiger partial charge in [-0.25, -0.2) is 0 Å². The van der Waals surface area contributed by atoms with E-state index in [9.17, 15) is 4.79 Å². The van der Waals surface area contributed by atoms with Gasteiger partial charge in [0, 0.05) is 11.8 Å². The van der Waals surface area contributed by atoms with Gasteiger partial charge in [0.2, 0.25) is 0 Å². The highest BCUT2D eigenvalue weighted by Gasteiger charge is 2.04. The molecule has 0 bridgehead atoms. The molecule has 0 heterocycles. The first-order valence-corrected chi connectivity index (χ1v) is 4.54. The number of carbonyl (C=O) groups is 1. The third kappa shape index (κ3) is 5.93. The van der Waals surface area contributed by atoms with Crippen LogP contribution in [0.15, 0.2) is 0 Å². The van der Waals surface area contributed by atoms with Gasteiger partial charge in [0.1, 0.15) is 0 Å². The molecule has 0 radical (unpaired) electrons. The third-order valence-electron chi connectivity index (χ3n) is 1.06. The van der Waals surface area contributed by atoms with Crippen molar-refractivity contribution < 1.29 is 9.53 Å². The summed E-state index contributed by atoms with van der Waals surface area (Å²) in [6.45, 7) is 1.67. The first-order valence-electron chi connectivity index (χ1n) is 3.42. The standard InChI is InChI=1S/C8H11BrO2/c1-3-7(2)11-8(10)5-4-6-9/h1,7H,4-6H2,2H3. The van der Waals surface area contributed by atoms with Gasteiger partial charge in [0.15, 0.2) is 6.10 Å². The average Bonchev–Trinajstić information content (AvgIpc) is 2.00. The predicted molar refractivity (Wildman–Crippen MR) is 47.4 cm³/mol. The Morgan fingerprint density at radius 1 is 1.82 bits per heavy atom. The number of terminal acetylenes is 1. The molecule has 0 aromatic heterocycles. The first-order chi connectivity index (χ1) is 5.20. The molecule has 1 unspecified atom stereocenters. The summed E-state index contributed by atoms with van der Waals surface area (Å²) in [6, 6.07) is 0. The maximum absolute atomic E-state index is 10.8. The van der Waals surface area contributed by atoms with E-state index in [0.717, 1.165) is 11.8 Å². The summed E-state index contributed by atoms with van der Waals surface area (Å²) >= 11 is 3.21. The molecule has 0 aliphatic heterocycles. The van der Waals surface area contributed by atoms with Gasteiger partial charge in [-0.3, -0.25) is 4.79 Å². The third-order valence-corrected chi connectivity index (χ3v) is 1.62. The molecule has 0 aromatic carbocycles. The topological polar surface area (TPSA) is 26.3 Å². The van der Waals surface area contributed by atoms with Gasteiger partial charge < -0.3 is 4.74 Å². The molecule has 0 amide bonds. The van der Waals surface area contributed by atoms with Crippen molar-refractivity contribution in [1.29, 1.82) is 0 Å². The van der Waals surface area contributed by atoms with Crippen molar-refractivity contribution in [3.63, 3.8) is 0 Å². The molecule has 62 valence electrons. The minimum absolute atomic E-state index is 0.227. The largest absolute Gasteiger partial charge is 0.449 e. The minimum Gasteiger partial charge on any atom is -0.449 e. The van der Waals surface area contributed by atoms with Crippen LogP contribution in [0.5, 0.6) is 0 Å². The zero-order valence-corrected chi connectivity index (χ0v) is 8.06. The minimum atomic E-state index is -0.405. The fourth-order valence-corrected chi connectivity index (χ4v) is 0.782. The van der Waals surface area contributed by atoms with Crippen LogP contribution in [-0.2, 0) is 9.53 Å². The number of rotatable bonds is 4. The Morgan fingerprint density at radius 2 is 2.45 bits per heavy atom. The molecule has 0 rings (SSSR count). The molecule has 0 saturated carbocycles. The summed E-state index contributed by atoms with van der Waals surface area (Å²) < 4.78 is 4.81. The first kappa shape index (κ1) is 10.5. The Bertz CT molecular complexity index is 160. The van der Waals surface area contributed by atoms with Crippen LogP contribution >= 0.6 is 15.9 Å². The van der Waals surface area contributed by atoms with Crippen molar-refractivity contribution in [2.45, 2.75) is 25.9 Å². The Labute approximate surface area is 75.4 Å². The molecule has 0 spiro atoms. The number of carbonyl (C=O) groups excluding carboxylic acids is 1. The van der Waals surface area contributed by atoms with Gasteiger partial charge in [0.05, 0.1) is 0 Å². The molecule has 1 atom stereocenters. The van der Waals surface area contributed by atoms with Crippen molar-refractivity contribution in [2.75, 3.05) is 5.33 Å². The molecular weight excluding hydrogens is 208 g/mol. The Balaban J connectivity index is 3.46. The highest BCUT2D eigenvalue weighted by molar-refractivity contribution is 9.09. The van der Waals surface area contributed by atoms with Crippen LogP contribution in [0, 0.1) is 12.3 Å². The summed E-state index contributed by atoms with van der Waals surface area (Å²) in [7, 11) is 0. The average molecular weight is 219 g/mol. The lowest BCUT2D eigenvalue weighted by Crippen LogP contribution is -2.12. The Morgan fingerprint density at radius 3 is 2.91 bits per heavy atom. The van der Waals surface area contributed by atoms with E-state index >= 15 is 0 Å². The van der Waals surface area contributed by atoms with E-state index in [-0.39, 0.29) is 5.97 Å². The molecule has 11 heavy (non-hydrogen) atoms. The molecule has 0 aromatic rings. The lowest BCUT2D eigenvalue weighted by atomic mass is 10.3. The number of hydrogen-bond acceptors (Lipinski definition) is 2. The van der Waals surface area contributed by atoms with Crippen LogP contribution in [0.3, 0.4) is 0 Å². The van der Waals surface area contributed by atoms with Crippen molar-refractivity contribution in [1.82, 2.24) is 0 Å². The van der Waals surface area contributed by atoms with Crippen molar-refractivity contribution in [3.8, 4) is 12.3 Å². The monoisotopic (exact) mass is 218 g/mol. The highest BCUT2D eigenvalue weighted by atomic mass is 79.9. The summed E-state index contributed by atoms with van der Waals surface area (Å²) in [4.78, 5) is 10.8. The van der Waals surface area contributed by atoms with Gasteiger partial charge in [-0.15, -0.1) is 6.42 Å². The van der Waals surface area contributed by atoms with Gasteiger partial charge >= 0.3 is 5.97 Å². The van der Waals surface area contributed by atoms with Crippen LogP contribution in [0.4, 0.5) is 0 Å². The van der Waals surface area contributed by atoms with Crippen molar-refractivity contribution >= 4 is 21.9 Å². The summed E-state index contributed by atoms with van der Waals surface area (Å²) in [6.07, 6.45) is 5.82. The van der Waals surface area contributed by atoms with Crippen LogP contribution in [0.25, 0.3) is 0 Å².